The molecule has 3 atom stereocenters. The number of fused-ring (bicyclic) bond motifs is 1. The molecule has 0 radical (unpaired) electrons. The highest BCUT2D eigenvalue weighted by atomic mass is 19.1. The van der Waals surface area contributed by atoms with Crippen molar-refractivity contribution in [1.82, 2.24) is 5.32 Å². The Morgan fingerprint density at radius 3 is 3.10 bits per heavy atom. The summed E-state index contributed by atoms with van der Waals surface area (Å²) in [6, 6.07) is 5.53. The van der Waals surface area contributed by atoms with Gasteiger partial charge in [-0.15, -0.1) is 0 Å². The van der Waals surface area contributed by atoms with E-state index in [0.29, 0.717) is 12.0 Å². The number of nitrogens with one attached hydrogen (secondary N) is 1. The van der Waals surface area contributed by atoms with Gasteiger partial charge >= 0.3 is 0 Å². The minimum absolute atomic E-state index is 0.156. The lowest BCUT2D eigenvalue weighted by Gasteiger charge is -2.23. The molecule has 1 saturated carbocycles. The SMILES string of the molecule is CCCNC1CCCC1CC1Cc2cc(F)ccc2O1. The van der Waals surface area contributed by atoms with Gasteiger partial charge in [-0.3, -0.25) is 0 Å². The Morgan fingerprint density at radius 1 is 1.35 bits per heavy atom. The van der Waals surface area contributed by atoms with Gasteiger partial charge in [0.25, 0.3) is 0 Å². The van der Waals surface area contributed by atoms with Gasteiger partial charge in [-0.05, 0) is 56.3 Å². The van der Waals surface area contributed by atoms with E-state index in [1.807, 2.05) is 0 Å². The number of rotatable bonds is 5. The zero-order chi connectivity index (χ0) is 13.9. The molecule has 0 spiro atoms. The maximum atomic E-state index is 13.2. The molecular formula is C17H24FNO. The highest BCUT2D eigenvalue weighted by molar-refractivity contribution is 5.37. The van der Waals surface area contributed by atoms with Crippen LogP contribution in [0, 0.1) is 11.7 Å². The van der Waals surface area contributed by atoms with Crippen molar-refractivity contribution in [3.05, 3.63) is 29.6 Å². The van der Waals surface area contributed by atoms with Crippen molar-refractivity contribution < 1.29 is 9.13 Å². The van der Waals surface area contributed by atoms with Gasteiger partial charge in [0, 0.05) is 18.0 Å². The van der Waals surface area contributed by atoms with Crippen LogP contribution in [0.5, 0.6) is 5.75 Å². The average Bonchev–Trinajstić information content (AvgIpc) is 3.02. The Balaban J connectivity index is 1.57. The standard InChI is InChI=1S/C17H24FNO/c1-2-8-19-16-5-3-4-12(16)10-15-11-13-9-14(18)6-7-17(13)20-15/h6-7,9,12,15-16,19H,2-5,8,10-11H2,1H3. The number of benzene rings is 1. The summed E-state index contributed by atoms with van der Waals surface area (Å²) in [5.74, 6) is 1.44. The molecule has 3 rings (SSSR count). The van der Waals surface area contributed by atoms with Crippen molar-refractivity contribution in [2.75, 3.05) is 6.54 Å². The van der Waals surface area contributed by atoms with Gasteiger partial charge in [-0.2, -0.15) is 0 Å². The normalized spacial score (nSPS) is 28.4. The fraction of sp³-hybridized carbons (Fsp3) is 0.647. The fourth-order valence-corrected chi connectivity index (χ4v) is 3.68. The van der Waals surface area contributed by atoms with Crippen molar-refractivity contribution in [2.24, 2.45) is 5.92 Å². The minimum atomic E-state index is -0.156. The van der Waals surface area contributed by atoms with Crippen LogP contribution in [0.1, 0.15) is 44.6 Å². The first-order valence-corrected chi connectivity index (χ1v) is 7.94. The molecule has 2 aliphatic rings. The van der Waals surface area contributed by atoms with Gasteiger partial charge < -0.3 is 10.1 Å². The molecule has 1 aliphatic heterocycles. The third-order valence-corrected chi connectivity index (χ3v) is 4.64. The summed E-state index contributed by atoms with van der Waals surface area (Å²) < 4.78 is 19.2. The monoisotopic (exact) mass is 277 g/mol. The van der Waals surface area contributed by atoms with Crippen molar-refractivity contribution in [3.63, 3.8) is 0 Å². The molecule has 2 nitrogen and oxygen atoms in total. The van der Waals surface area contributed by atoms with Gasteiger partial charge in [0.2, 0.25) is 0 Å². The molecule has 3 heteroatoms. The second-order valence-corrected chi connectivity index (χ2v) is 6.18. The van der Waals surface area contributed by atoms with Crippen molar-refractivity contribution in [3.8, 4) is 5.75 Å². The molecule has 1 aromatic carbocycles. The molecule has 1 aliphatic carbocycles. The zero-order valence-electron chi connectivity index (χ0n) is 12.2. The number of halogens is 1. The van der Waals surface area contributed by atoms with Crippen molar-refractivity contribution >= 4 is 0 Å². The van der Waals surface area contributed by atoms with Crippen LogP contribution in [-0.2, 0) is 6.42 Å². The minimum Gasteiger partial charge on any atom is -0.490 e. The topological polar surface area (TPSA) is 21.3 Å². The van der Waals surface area contributed by atoms with E-state index in [2.05, 4.69) is 12.2 Å². The van der Waals surface area contributed by atoms with E-state index in [-0.39, 0.29) is 11.9 Å². The predicted octanol–water partition coefficient (Wildman–Crippen LogP) is 3.69. The zero-order valence-corrected chi connectivity index (χ0v) is 12.2. The van der Waals surface area contributed by atoms with Crippen LogP contribution in [0.15, 0.2) is 18.2 Å². The first kappa shape index (κ1) is 13.9. The summed E-state index contributed by atoms with van der Waals surface area (Å²) in [6.07, 6.45) is 7.29. The molecular weight excluding hydrogens is 253 g/mol. The first-order chi connectivity index (χ1) is 9.76. The lowest BCUT2D eigenvalue weighted by molar-refractivity contribution is 0.183. The Labute approximate surface area is 120 Å². The third-order valence-electron chi connectivity index (χ3n) is 4.64. The summed E-state index contributed by atoms with van der Waals surface area (Å²) in [5, 5.41) is 3.67. The van der Waals surface area contributed by atoms with Crippen LogP contribution in [0.2, 0.25) is 0 Å². The highest BCUT2D eigenvalue weighted by Gasteiger charge is 2.32. The molecule has 110 valence electrons. The average molecular weight is 277 g/mol. The largest absolute Gasteiger partial charge is 0.490 e. The second-order valence-electron chi connectivity index (χ2n) is 6.18. The summed E-state index contributed by atoms with van der Waals surface area (Å²) in [5.41, 5.74) is 1.03. The van der Waals surface area contributed by atoms with Crippen molar-refractivity contribution in [2.45, 2.75) is 57.6 Å². The van der Waals surface area contributed by atoms with E-state index >= 15 is 0 Å². The Hall–Kier alpha value is -1.09. The van der Waals surface area contributed by atoms with E-state index in [1.54, 1.807) is 12.1 Å². The molecule has 3 unspecified atom stereocenters. The van der Waals surface area contributed by atoms with E-state index in [0.717, 1.165) is 30.7 Å². The summed E-state index contributed by atoms with van der Waals surface area (Å²) in [4.78, 5) is 0. The smallest absolute Gasteiger partial charge is 0.123 e. The Kier molecular flexibility index (Phi) is 4.25. The summed E-state index contributed by atoms with van der Waals surface area (Å²) in [7, 11) is 0. The van der Waals surface area contributed by atoms with Crippen LogP contribution in [0.4, 0.5) is 4.39 Å². The lowest BCUT2D eigenvalue weighted by atomic mass is 9.94. The number of hydrogen-bond donors (Lipinski definition) is 1. The van der Waals surface area contributed by atoms with Gasteiger partial charge in [-0.25, -0.2) is 4.39 Å². The predicted molar refractivity (Wildman–Crippen MR) is 78.6 cm³/mol. The Morgan fingerprint density at radius 2 is 2.25 bits per heavy atom. The maximum absolute atomic E-state index is 13.2. The van der Waals surface area contributed by atoms with Gasteiger partial charge in [0.1, 0.15) is 17.7 Å². The van der Waals surface area contributed by atoms with Gasteiger partial charge in [0.05, 0.1) is 0 Å². The first-order valence-electron chi connectivity index (χ1n) is 7.94. The number of hydrogen-bond acceptors (Lipinski definition) is 2. The van der Waals surface area contributed by atoms with E-state index in [1.165, 1.54) is 31.7 Å². The fourth-order valence-electron chi connectivity index (χ4n) is 3.68. The van der Waals surface area contributed by atoms with Crippen LogP contribution >= 0.6 is 0 Å². The highest BCUT2D eigenvalue weighted by Crippen LogP contribution is 2.36. The summed E-state index contributed by atoms with van der Waals surface area (Å²) in [6.45, 7) is 3.32. The number of ether oxygens (including phenoxy) is 1. The van der Waals surface area contributed by atoms with E-state index in [4.69, 9.17) is 4.74 Å². The molecule has 1 aromatic rings. The third kappa shape index (κ3) is 2.98. The maximum Gasteiger partial charge on any atom is 0.123 e. The molecule has 0 aromatic heterocycles. The lowest BCUT2D eigenvalue weighted by Crippen LogP contribution is -2.35. The molecule has 0 saturated heterocycles. The molecule has 1 N–H and O–H groups in total. The van der Waals surface area contributed by atoms with Crippen molar-refractivity contribution in [1.29, 1.82) is 0 Å². The van der Waals surface area contributed by atoms with E-state index < -0.39 is 0 Å². The molecule has 1 heterocycles. The van der Waals surface area contributed by atoms with Crippen LogP contribution in [0.25, 0.3) is 0 Å². The molecule has 20 heavy (non-hydrogen) atoms. The van der Waals surface area contributed by atoms with Crippen LogP contribution in [-0.4, -0.2) is 18.7 Å². The molecule has 1 fully saturated rings. The second kappa shape index (κ2) is 6.13. The molecule has 0 amide bonds. The molecule has 0 bridgehead atoms. The quantitative estimate of drug-likeness (QED) is 0.886. The summed E-state index contributed by atoms with van der Waals surface area (Å²) >= 11 is 0. The van der Waals surface area contributed by atoms with Gasteiger partial charge in [0.15, 0.2) is 0 Å². The Bertz CT molecular complexity index is 462. The van der Waals surface area contributed by atoms with Gasteiger partial charge in [-0.1, -0.05) is 13.3 Å². The van der Waals surface area contributed by atoms with Crippen LogP contribution in [0.3, 0.4) is 0 Å². The van der Waals surface area contributed by atoms with Crippen LogP contribution < -0.4 is 10.1 Å². The van der Waals surface area contributed by atoms with E-state index in [9.17, 15) is 4.39 Å².